The molecule has 2 aromatic carbocycles. The van der Waals surface area contributed by atoms with Gasteiger partial charge in [-0.25, -0.2) is 0 Å². The molecule has 1 atom stereocenters. The lowest BCUT2D eigenvalue weighted by molar-refractivity contribution is -0.122. The summed E-state index contributed by atoms with van der Waals surface area (Å²) in [6.07, 6.45) is 7.73. The number of nitrogens with zero attached hydrogens (tertiary/aromatic N) is 1. The molecule has 1 N–H and O–H groups in total. The number of ether oxygens (including phenoxy) is 2. The smallest absolute Gasteiger partial charge is 0.220 e. The third-order valence-corrected chi connectivity index (χ3v) is 7.12. The van der Waals surface area contributed by atoms with Gasteiger partial charge in [-0.15, -0.1) is 0 Å². The summed E-state index contributed by atoms with van der Waals surface area (Å²) in [4.78, 5) is 27.6. The van der Waals surface area contributed by atoms with E-state index in [1.165, 1.54) is 18.4 Å². The predicted octanol–water partition coefficient (Wildman–Crippen LogP) is 4.98. The Morgan fingerprint density at radius 2 is 1.58 bits per heavy atom. The van der Waals surface area contributed by atoms with Crippen molar-refractivity contribution in [2.24, 2.45) is 0 Å². The van der Waals surface area contributed by atoms with Crippen LogP contribution in [0.5, 0.6) is 11.5 Å². The zero-order valence-electron chi connectivity index (χ0n) is 21.6. The Morgan fingerprint density at radius 3 is 2.33 bits per heavy atom. The monoisotopic (exact) mass is 492 g/mol. The Labute approximate surface area is 215 Å². The van der Waals surface area contributed by atoms with Crippen LogP contribution in [0.3, 0.4) is 0 Å². The maximum atomic E-state index is 12.8. The molecule has 2 aromatic rings. The molecular weight excluding hydrogens is 452 g/mol. The van der Waals surface area contributed by atoms with E-state index in [2.05, 4.69) is 23.2 Å². The number of Topliss-reactive ketones (excluding diaryl/α,β-unsaturated/α-hetero) is 1. The van der Waals surface area contributed by atoms with Crippen molar-refractivity contribution in [2.45, 2.75) is 70.8 Å². The fourth-order valence-corrected chi connectivity index (χ4v) is 5.06. The first-order valence-corrected chi connectivity index (χ1v) is 13.6. The minimum atomic E-state index is 0.0610. The molecule has 0 aromatic heterocycles. The normalized spacial score (nSPS) is 16.0. The van der Waals surface area contributed by atoms with Crippen LogP contribution in [0.1, 0.15) is 73.4 Å². The minimum absolute atomic E-state index is 0.0610. The molecule has 0 radical (unpaired) electrons. The van der Waals surface area contributed by atoms with Crippen LogP contribution in [-0.2, 0) is 17.6 Å². The van der Waals surface area contributed by atoms with E-state index in [9.17, 15) is 9.59 Å². The highest BCUT2D eigenvalue weighted by molar-refractivity contribution is 5.96. The van der Waals surface area contributed by atoms with Gasteiger partial charge in [-0.2, -0.15) is 0 Å². The second-order valence-corrected chi connectivity index (χ2v) is 9.99. The number of unbranched alkanes of at least 4 members (excludes halogenated alkanes) is 2. The first-order chi connectivity index (χ1) is 17.6. The van der Waals surface area contributed by atoms with Gasteiger partial charge < -0.3 is 19.7 Å². The summed E-state index contributed by atoms with van der Waals surface area (Å²) in [5.74, 6) is 1.87. The first-order valence-electron chi connectivity index (χ1n) is 13.6. The number of fused-ring (bicyclic) bond motifs is 1. The van der Waals surface area contributed by atoms with Crippen molar-refractivity contribution in [1.82, 2.24) is 10.2 Å². The summed E-state index contributed by atoms with van der Waals surface area (Å²) in [6.45, 7) is 6.33. The fraction of sp³-hybridized carbons (Fsp3) is 0.533. The topological polar surface area (TPSA) is 67.9 Å². The molecule has 0 aliphatic carbocycles. The van der Waals surface area contributed by atoms with Crippen LogP contribution < -0.4 is 14.8 Å². The Hall–Kier alpha value is -2.86. The molecule has 0 saturated carbocycles. The number of hydrogen-bond donors (Lipinski definition) is 1. The lowest BCUT2D eigenvalue weighted by Gasteiger charge is -2.25. The molecule has 1 unspecified atom stereocenters. The van der Waals surface area contributed by atoms with Crippen molar-refractivity contribution in [3.63, 3.8) is 0 Å². The molecule has 1 amide bonds. The zero-order chi connectivity index (χ0) is 25.2. The maximum Gasteiger partial charge on any atom is 0.220 e. The molecule has 6 nitrogen and oxygen atoms in total. The summed E-state index contributed by atoms with van der Waals surface area (Å²) < 4.78 is 11.4. The predicted molar refractivity (Wildman–Crippen MR) is 142 cm³/mol. The molecule has 1 saturated heterocycles. The van der Waals surface area contributed by atoms with Gasteiger partial charge in [-0.1, -0.05) is 43.7 Å². The van der Waals surface area contributed by atoms with Gasteiger partial charge in [0.25, 0.3) is 0 Å². The van der Waals surface area contributed by atoms with E-state index in [1.54, 1.807) is 0 Å². The van der Waals surface area contributed by atoms with Crippen LogP contribution >= 0.6 is 0 Å². The second kappa shape index (κ2) is 13.4. The zero-order valence-corrected chi connectivity index (χ0v) is 21.6. The van der Waals surface area contributed by atoms with E-state index < -0.39 is 0 Å². The number of nitrogens with one attached hydrogen (secondary N) is 1. The summed E-state index contributed by atoms with van der Waals surface area (Å²) in [5, 5.41) is 3.29. The number of amides is 1. The molecule has 36 heavy (non-hydrogen) atoms. The third kappa shape index (κ3) is 7.82. The van der Waals surface area contributed by atoms with E-state index in [0.29, 0.717) is 26.1 Å². The Balaban J connectivity index is 1.22. The van der Waals surface area contributed by atoms with Crippen molar-refractivity contribution in [2.75, 3.05) is 32.8 Å². The van der Waals surface area contributed by atoms with E-state index >= 15 is 0 Å². The van der Waals surface area contributed by atoms with Gasteiger partial charge in [-0.05, 0) is 74.9 Å². The molecule has 4 rings (SSSR count). The Kier molecular flexibility index (Phi) is 9.79. The van der Waals surface area contributed by atoms with Crippen LogP contribution in [0.15, 0.2) is 42.5 Å². The Bertz CT molecular complexity index is 999. The first kappa shape index (κ1) is 26.2. The molecule has 2 heterocycles. The van der Waals surface area contributed by atoms with Gasteiger partial charge in [0.2, 0.25) is 5.91 Å². The van der Waals surface area contributed by atoms with Gasteiger partial charge in [0.05, 0.1) is 0 Å². The Morgan fingerprint density at radius 1 is 0.889 bits per heavy atom. The summed E-state index contributed by atoms with van der Waals surface area (Å²) in [6, 6.07) is 14.1. The average Bonchev–Trinajstić information content (AvgIpc) is 3.41. The molecule has 2 aliphatic heterocycles. The van der Waals surface area contributed by atoms with E-state index in [1.807, 2.05) is 36.4 Å². The van der Waals surface area contributed by atoms with Gasteiger partial charge in [0.1, 0.15) is 13.2 Å². The molecule has 0 spiro atoms. The SMILES string of the molecule is CCc1ccc(C(=O)CCCCCC(=O)NC(Cc2ccc3c(c2)OCCO3)CN2CCCC2)cc1. The minimum Gasteiger partial charge on any atom is -0.486 e. The van der Waals surface area contributed by atoms with Crippen LogP contribution in [0, 0.1) is 0 Å². The van der Waals surface area contributed by atoms with Crippen LogP contribution in [0.4, 0.5) is 0 Å². The number of benzene rings is 2. The van der Waals surface area contributed by atoms with Gasteiger partial charge >= 0.3 is 0 Å². The van der Waals surface area contributed by atoms with Crippen molar-refractivity contribution < 1.29 is 19.1 Å². The number of carbonyl (C=O) groups excluding carboxylic acids is 2. The molecule has 6 heteroatoms. The quantitative estimate of drug-likeness (QED) is 0.316. The van der Waals surface area contributed by atoms with E-state index in [4.69, 9.17) is 9.47 Å². The molecule has 0 bridgehead atoms. The van der Waals surface area contributed by atoms with E-state index in [-0.39, 0.29) is 17.7 Å². The summed E-state index contributed by atoms with van der Waals surface area (Å²) in [7, 11) is 0. The summed E-state index contributed by atoms with van der Waals surface area (Å²) >= 11 is 0. The number of carbonyl (C=O) groups is 2. The average molecular weight is 493 g/mol. The van der Waals surface area contributed by atoms with E-state index in [0.717, 1.165) is 74.4 Å². The fourth-order valence-electron chi connectivity index (χ4n) is 5.06. The van der Waals surface area contributed by atoms with Crippen LogP contribution in [0.2, 0.25) is 0 Å². The van der Waals surface area contributed by atoms with Crippen molar-refractivity contribution >= 4 is 11.7 Å². The number of ketones is 1. The number of rotatable bonds is 13. The van der Waals surface area contributed by atoms with Crippen molar-refractivity contribution in [3.8, 4) is 11.5 Å². The number of likely N-dealkylation sites (tertiary alicyclic amines) is 1. The largest absolute Gasteiger partial charge is 0.486 e. The number of aryl methyl sites for hydroxylation is 1. The highest BCUT2D eigenvalue weighted by Crippen LogP contribution is 2.31. The van der Waals surface area contributed by atoms with Gasteiger partial charge in [0, 0.05) is 31.0 Å². The highest BCUT2D eigenvalue weighted by Gasteiger charge is 2.21. The molecule has 194 valence electrons. The second-order valence-electron chi connectivity index (χ2n) is 9.99. The molecular formula is C30H40N2O4. The van der Waals surface area contributed by atoms with Gasteiger partial charge in [0.15, 0.2) is 17.3 Å². The molecule has 1 fully saturated rings. The lowest BCUT2D eigenvalue weighted by atomic mass is 10.0. The van der Waals surface area contributed by atoms with Crippen molar-refractivity contribution in [3.05, 3.63) is 59.2 Å². The standard InChI is InChI=1S/C30H40N2O4/c1-2-23-10-13-25(14-11-23)27(33)8-4-3-5-9-30(34)31-26(22-32-16-6-7-17-32)20-24-12-15-28-29(21-24)36-19-18-35-28/h10-15,21,26H,2-9,16-20,22H2,1H3,(H,31,34). The maximum absolute atomic E-state index is 12.8. The van der Waals surface area contributed by atoms with Crippen molar-refractivity contribution in [1.29, 1.82) is 0 Å². The van der Waals surface area contributed by atoms with Gasteiger partial charge in [-0.3, -0.25) is 9.59 Å². The lowest BCUT2D eigenvalue weighted by Crippen LogP contribution is -2.44. The third-order valence-electron chi connectivity index (χ3n) is 7.12. The van der Waals surface area contributed by atoms with Crippen LogP contribution in [0.25, 0.3) is 0 Å². The highest BCUT2D eigenvalue weighted by atomic mass is 16.6. The number of hydrogen-bond acceptors (Lipinski definition) is 5. The van der Waals surface area contributed by atoms with Crippen LogP contribution in [-0.4, -0.2) is 55.5 Å². The summed E-state index contributed by atoms with van der Waals surface area (Å²) in [5.41, 5.74) is 3.18. The molecule has 2 aliphatic rings.